The monoisotopic (exact) mass is 337 g/mol. The van der Waals surface area contributed by atoms with E-state index in [4.69, 9.17) is 0 Å². The van der Waals surface area contributed by atoms with E-state index in [9.17, 15) is 4.79 Å². The van der Waals surface area contributed by atoms with Crippen LogP contribution in [0.4, 0.5) is 0 Å². The molecular weight excluding hydrogens is 322 g/mol. The first kappa shape index (κ1) is 14.3. The third-order valence-electron chi connectivity index (χ3n) is 2.78. The van der Waals surface area contributed by atoms with E-state index in [0.717, 1.165) is 10.4 Å². The second-order valence-corrected chi connectivity index (χ2v) is 7.77. The molecule has 2 aromatic rings. The predicted molar refractivity (Wildman–Crippen MR) is 83.8 cm³/mol. The maximum atomic E-state index is 12.2. The lowest BCUT2D eigenvalue weighted by atomic mass is 10.0. The number of carbonyl (C=O) groups excluding carboxylic acids is 1. The molecule has 100 valence electrons. The molecule has 0 fully saturated rings. The van der Waals surface area contributed by atoms with Crippen molar-refractivity contribution in [3.63, 3.8) is 0 Å². The molecule has 0 aliphatic rings. The lowest BCUT2D eigenvalue weighted by Gasteiger charge is -2.23. The summed E-state index contributed by atoms with van der Waals surface area (Å²) in [6.07, 6.45) is 0. The van der Waals surface area contributed by atoms with Gasteiger partial charge in [0, 0.05) is 4.88 Å². The van der Waals surface area contributed by atoms with Gasteiger partial charge in [0.1, 0.15) is 0 Å². The number of hydrogen-bond donors (Lipinski definition) is 1. The molecular formula is C15H16BrNOS. The lowest BCUT2D eigenvalue weighted by molar-refractivity contribution is -0.123. The van der Waals surface area contributed by atoms with Crippen molar-refractivity contribution in [1.82, 2.24) is 5.32 Å². The van der Waals surface area contributed by atoms with Crippen LogP contribution in [0, 0.1) is 0 Å². The number of alkyl halides is 1. The second-order valence-electron chi connectivity index (χ2n) is 4.81. The molecule has 0 saturated carbocycles. The second kappa shape index (κ2) is 5.88. The number of rotatable bonds is 4. The Morgan fingerprint density at radius 2 is 1.89 bits per heavy atom. The molecule has 0 aliphatic carbocycles. The molecule has 1 heterocycles. The van der Waals surface area contributed by atoms with Gasteiger partial charge in [-0.1, -0.05) is 52.3 Å². The summed E-state index contributed by atoms with van der Waals surface area (Å²) in [6.45, 7) is 3.69. The summed E-state index contributed by atoms with van der Waals surface area (Å²) in [5, 5.41) is 5.12. The summed E-state index contributed by atoms with van der Waals surface area (Å²) in [5.74, 6) is -0.0187. The first-order chi connectivity index (χ1) is 8.98. The lowest BCUT2D eigenvalue weighted by Crippen LogP contribution is -2.39. The quantitative estimate of drug-likeness (QED) is 0.835. The number of thiophene rings is 1. The zero-order chi connectivity index (χ0) is 13.9. The van der Waals surface area contributed by atoms with Crippen LogP contribution in [-0.2, 0) is 4.79 Å². The standard InChI is InChI=1S/C15H16BrNOS/c1-15(2,16)14(18)17-13(12-9-6-10-19-12)11-7-4-3-5-8-11/h3-10,13H,1-2H3,(H,17,18). The Hall–Kier alpha value is -1.13. The third kappa shape index (κ3) is 3.67. The van der Waals surface area contributed by atoms with Gasteiger partial charge < -0.3 is 5.32 Å². The van der Waals surface area contributed by atoms with E-state index in [1.54, 1.807) is 11.3 Å². The van der Waals surface area contributed by atoms with Gasteiger partial charge in [-0.2, -0.15) is 0 Å². The topological polar surface area (TPSA) is 29.1 Å². The number of halogens is 1. The fraction of sp³-hybridized carbons (Fsp3) is 0.267. The number of benzene rings is 1. The Morgan fingerprint density at radius 3 is 2.42 bits per heavy atom. The van der Waals surface area contributed by atoms with Crippen LogP contribution in [0.1, 0.15) is 30.3 Å². The van der Waals surface area contributed by atoms with Crippen molar-refractivity contribution in [3.05, 3.63) is 58.3 Å². The van der Waals surface area contributed by atoms with Crippen molar-refractivity contribution in [3.8, 4) is 0 Å². The van der Waals surface area contributed by atoms with Gasteiger partial charge >= 0.3 is 0 Å². The van der Waals surface area contributed by atoms with Gasteiger partial charge in [-0.15, -0.1) is 11.3 Å². The van der Waals surface area contributed by atoms with Crippen LogP contribution in [-0.4, -0.2) is 10.2 Å². The molecule has 19 heavy (non-hydrogen) atoms. The van der Waals surface area contributed by atoms with E-state index in [1.165, 1.54) is 0 Å². The van der Waals surface area contributed by atoms with Crippen molar-refractivity contribution in [1.29, 1.82) is 0 Å². The molecule has 0 radical (unpaired) electrons. The van der Waals surface area contributed by atoms with Gasteiger partial charge in [0.25, 0.3) is 0 Å². The van der Waals surface area contributed by atoms with Crippen LogP contribution in [0.15, 0.2) is 47.8 Å². The van der Waals surface area contributed by atoms with Crippen molar-refractivity contribution in [2.75, 3.05) is 0 Å². The Bertz CT molecular complexity index is 531. The fourth-order valence-electron chi connectivity index (χ4n) is 1.72. The average Bonchev–Trinajstić information content (AvgIpc) is 2.89. The zero-order valence-corrected chi connectivity index (χ0v) is 13.3. The molecule has 2 rings (SSSR count). The molecule has 1 amide bonds. The minimum absolute atomic E-state index is 0.0187. The summed E-state index contributed by atoms with van der Waals surface area (Å²) in [4.78, 5) is 13.3. The van der Waals surface area contributed by atoms with E-state index in [2.05, 4.69) is 21.2 Å². The molecule has 0 bridgehead atoms. The molecule has 0 aliphatic heterocycles. The maximum Gasteiger partial charge on any atom is 0.237 e. The highest BCUT2D eigenvalue weighted by Crippen LogP contribution is 2.27. The minimum atomic E-state index is -0.572. The van der Waals surface area contributed by atoms with E-state index >= 15 is 0 Å². The van der Waals surface area contributed by atoms with Crippen LogP contribution in [0.2, 0.25) is 0 Å². The van der Waals surface area contributed by atoms with Gasteiger partial charge in [-0.3, -0.25) is 4.79 Å². The van der Waals surface area contributed by atoms with Gasteiger partial charge in [0.2, 0.25) is 5.91 Å². The van der Waals surface area contributed by atoms with Crippen LogP contribution in [0.3, 0.4) is 0 Å². The summed E-state index contributed by atoms with van der Waals surface area (Å²) in [5.41, 5.74) is 1.09. The highest BCUT2D eigenvalue weighted by Gasteiger charge is 2.27. The molecule has 1 atom stereocenters. The molecule has 2 nitrogen and oxygen atoms in total. The van der Waals surface area contributed by atoms with Crippen LogP contribution < -0.4 is 5.32 Å². The first-order valence-electron chi connectivity index (χ1n) is 6.06. The Morgan fingerprint density at radius 1 is 1.21 bits per heavy atom. The smallest absolute Gasteiger partial charge is 0.237 e. The highest BCUT2D eigenvalue weighted by molar-refractivity contribution is 9.10. The van der Waals surface area contributed by atoms with Crippen molar-refractivity contribution in [2.45, 2.75) is 24.2 Å². The molecule has 0 saturated heterocycles. The third-order valence-corrected chi connectivity index (χ3v) is 4.07. The zero-order valence-electron chi connectivity index (χ0n) is 10.9. The van der Waals surface area contributed by atoms with Gasteiger partial charge in [-0.05, 0) is 30.9 Å². The Labute approximate surface area is 126 Å². The summed E-state index contributed by atoms with van der Waals surface area (Å²) < 4.78 is -0.572. The highest BCUT2D eigenvalue weighted by atomic mass is 79.9. The Balaban J connectivity index is 2.29. The SMILES string of the molecule is CC(C)(Br)C(=O)NC(c1ccccc1)c1cccs1. The van der Waals surface area contributed by atoms with E-state index in [-0.39, 0.29) is 11.9 Å². The van der Waals surface area contributed by atoms with E-state index < -0.39 is 4.32 Å². The van der Waals surface area contributed by atoms with E-state index in [0.29, 0.717) is 0 Å². The van der Waals surface area contributed by atoms with Gasteiger partial charge in [0.05, 0.1) is 10.4 Å². The molecule has 4 heteroatoms. The maximum absolute atomic E-state index is 12.2. The van der Waals surface area contributed by atoms with Crippen LogP contribution >= 0.6 is 27.3 Å². The van der Waals surface area contributed by atoms with Crippen molar-refractivity contribution >= 4 is 33.2 Å². The molecule has 0 spiro atoms. The van der Waals surface area contributed by atoms with Crippen LogP contribution in [0.25, 0.3) is 0 Å². The number of amides is 1. The number of nitrogens with one attached hydrogen (secondary N) is 1. The number of carbonyl (C=O) groups is 1. The normalized spacial score (nSPS) is 13.0. The number of hydrogen-bond acceptors (Lipinski definition) is 2. The predicted octanol–water partition coefficient (Wildman–Crippen LogP) is 4.13. The fourth-order valence-corrected chi connectivity index (χ4v) is 2.64. The molecule has 1 unspecified atom stereocenters. The largest absolute Gasteiger partial charge is 0.343 e. The molecule has 1 aromatic carbocycles. The first-order valence-corrected chi connectivity index (χ1v) is 7.74. The summed E-state index contributed by atoms with van der Waals surface area (Å²) in [6, 6.07) is 14.0. The molecule has 1 N–H and O–H groups in total. The average molecular weight is 338 g/mol. The summed E-state index contributed by atoms with van der Waals surface area (Å²) >= 11 is 5.05. The summed E-state index contributed by atoms with van der Waals surface area (Å²) in [7, 11) is 0. The molecule has 1 aromatic heterocycles. The van der Waals surface area contributed by atoms with Crippen molar-refractivity contribution < 1.29 is 4.79 Å². The Kier molecular flexibility index (Phi) is 4.42. The van der Waals surface area contributed by atoms with Gasteiger partial charge in [-0.25, -0.2) is 0 Å². The van der Waals surface area contributed by atoms with Crippen molar-refractivity contribution in [2.24, 2.45) is 0 Å². The van der Waals surface area contributed by atoms with Crippen LogP contribution in [0.5, 0.6) is 0 Å². The van der Waals surface area contributed by atoms with Gasteiger partial charge in [0.15, 0.2) is 0 Å². The minimum Gasteiger partial charge on any atom is -0.343 e. The van der Waals surface area contributed by atoms with E-state index in [1.807, 2.05) is 61.7 Å².